The molecule has 0 aromatic heterocycles. The third kappa shape index (κ3) is 4.28. The zero-order valence-corrected chi connectivity index (χ0v) is 16.5. The first-order valence-electron chi connectivity index (χ1n) is 8.44. The summed E-state index contributed by atoms with van der Waals surface area (Å²) in [6.45, 7) is 2.67. The molecule has 0 saturated carbocycles. The fourth-order valence-corrected chi connectivity index (χ4v) is 3.75. The maximum atomic E-state index is 13.0. The summed E-state index contributed by atoms with van der Waals surface area (Å²) in [6, 6.07) is 12.1. The highest BCUT2D eigenvalue weighted by Crippen LogP contribution is 2.37. The van der Waals surface area contributed by atoms with Crippen molar-refractivity contribution >= 4 is 46.2 Å². The number of benzene rings is 2. The van der Waals surface area contributed by atoms with Gasteiger partial charge in [-0.15, -0.1) is 0 Å². The number of halogens is 1. The number of amides is 1. The number of methoxy groups -OCH3 is 1. The Balaban J connectivity index is 2.00. The van der Waals surface area contributed by atoms with Crippen LogP contribution in [0.3, 0.4) is 0 Å². The molecule has 2 aromatic carbocycles. The maximum absolute atomic E-state index is 13.0. The molecule has 1 heterocycles. The summed E-state index contributed by atoms with van der Waals surface area (Å²) in [7, 11) is 1.48. The number of anilines is 1. The van der Waals surface area contributed by atoms with E-state index in [-0.39, 0.29) is 11.7 Å². The van der Waals surface area contributed by atoms with E-state index in [1.165, 1.54) is 24.9 Å². The number of ether oxygens (including phenoxy) is 1. The van der Waals surface area contributed by atoms with Gasteiger partial charge in [0.1, 0.15) is 0 Å². The molecular weight excluding hydrogens is 384 g/mol. The van der Waals surface area contributed by atoms with E-state index in [4.69, 9.17) is 16.3 Å². The number of hydrogen-bond acceptors (Lipinski definition) is 5. The second-order valence-corrected chi connectivity index (χ2v) is 7.27. The number of rotatable bonds is 5. The SMILES string of the molecule is CCCN=C1SC(=Cc2ccc(O)c(OC)c2)C(=O)N1c1cccc(Cl)c1. The number of hydrogen-bond donors (Lipinski definition) is 1. The smallest absolute Gasteiger partial charge is 0.271 e. The van der Waals surface area contributed by atoms with Crippen molar-refractivity contribution in [3.05, 3.63) is 58.0 Å². The molecule has 3 rings (SSSR count). The highest BCUT2D eigenvalue weighted by molar-refractivity contribution is 8.19. The van der Waals surface area contributed by atoms with E-state index in [1.54, 1.807) is 41.3 Å². The zero-order chi connectivity index (χ0) is 19.4. The Kier molecular flexibility index (Phi) is 6.08. The lowest BCUT2D eigenvalue weighted by atomic mass is 10.2. The first kappa shape index (κ1) is 19.3. The molecule has 140 valence electrons. The number of phenolic OH excluding ortho intramolecular Hbond substituents is 1. The van der Waals surface area contributed by atoms with Gasteiger partial charge in [-0.05, 0) is 60.2 Å². The highest BCUT2D eigenvalue weighted by Gasteiger charge is 2.34. The number of aromatic hydroxyl groups is 1. The van der Waals surface area contributed by atoms with Crippen LogP contribution in [0.15, 0.2) is 52.4 Å². The summed E-state index contributed by atoms with van der Waals surface area (Å²) in [5.74, 6) is 0.242. The second kappa shape index (κ2) is 8.50. The molecular formula is C20H19ClN2O3S. The fourth-order valence-electron chi connectivity index (χ4n) is 2.56. The van der Waals surface area contributed by atoms with Crippen molar-refractivity contribution in [3.63, 3.8) is 0 Å². The van der Waals surface area contributed by atoms with E-state index in [1.807, 2.05) is 13.0 Å². The van der Waals surface area contributed by atoms with Gasteiger partial charge in [0, 0.05) is 11.6 Å². The fraction of sp³-hybridized carbons (Fsp3) is 0.200. The monoisotopic (exact) mass is 402 g/mol. The largest absolute Gasteiger partial charge is 0.504 e. The zero-order valence-electron chi connectivity index (χ0n) is 15.0. The average Bonchev–Trinajstić information content (AvgIpc) is 2.97. The van der Waals surface area contributed by atoms with E-state index >= 15 is 0 Å². The van der Waals surface area contributed by atoms with Gasteiger partial charge in [0.15, 0.2) is 16.7 Å². The van der Waals surface area contributed by atoms with Crippen molar-refractivity contribution in [2.24, 2.45) is 4.99 Å². The predicted octanol–water partition coefficient (Wildman–Crippen LogP) is 4.94. The molecule has 0 bridgehead atoms. The van der Waals surface area contributed by atoms with E-state index in [0.29, 0.717) is 33.1 Å². The van der Waals surface area contributed by atoms with E-state index < -0.39 is 0 Å². The van der Waals surface area contributed by atoms with Crippen LogP contribution in [-0.2, 0) is 4.79 Å². The van der Waals surface area contributed by atoms with Crippen LogP contribution in [0.2, 0.25) is 5.02 Å². The van der Waals surface area contributed by atoms with Crippen LogP contribution in [0.4, 0.5) is 5.69 Å². The Morgan fingerprint density at radius 3 is 2.81 bits per heavy atom. The van der Waals surface area contributed by atoms with Crippen molar-refractivity contribution in [2.45, 2.75) is 13.3 Å². The minimum atomic E-state index is -0.163. The normalized spacial score (nSPS) is 17.1. The Morgan fingerprint density at radius 2 is 2.11 bits per heavy atom. The molecule has 0 aliphatic carbocycles. The number of amidine groups is 1. The van der Waals surface area contributed by atoms with Gasteiger partial charge >= 0.3 is 0 Å². The molecule has 1 aliphatic heterocycles. The summed E-state index contributed by atoms with van der Waals surface area (Å²) in [5, 5.41) is 10.9. The van der Waals surface area contributed by atoms with Crippen molar-refractivity contribution in [2.75, 3.05) is 18.6 Å². The van der Waals surface area contributed by atoms with Crippen molar-refractivity contribution in [3.8, 4) is 11.5 Å². The van der Waals surface area contributed by atoms with Crippen LogP contribution in [0.5, 0.6) is 11.5 Å². The Bertz CT molecular complexity index is 927. The molecule has 2 aromatic rings. The van der Waals surface area contributed by atoms with Gasteiger partial charge in [0.05, 0.1) is 17.7 Å². The summed E-state index contributed by atoms with van der Waals surface area (Å²) in [5.41, 5.74) is 1.44. The third-order valence-corrected chi connectivity index (χ3v) is 5.09. The minimum absolute atomic E-state index is 0.0517. The molecule has 1 aliphatic rings. The molecule has 7 heteroatoms. The van der Waals surface area contributed by atoms with Gasteiger partial charge in [0.25, 0.3) is 5.91 Å². The third-order valence-electron chi connectivity index (χ3n) is 3.85. The van der Waals surface area contributed by atoms with Gasteiger partial charge in [-0.1, -0.05) is 30.7 Å². The van der Waals surface area contributed by atoms with Gasteiger partial charge in [0.2, 0.25) is 0 Å². The van der Waals surface area contributed by atoms with Crippen LogP contribution in [0.1, 0.15) is 18.9 Å². The summed E-state index contributed by atoms with van der Waals surface area (Å²) < 4.78 is 5.14. The van der Waals surface area contributed by atoms with Crippen LogP contribution in [0.25, 0.3) is 6.08 Å². The number of nitrogens with zero attached hydrogens (tertiary/aromatic N) is 2. The number of carbonyl (C=O) groups excluding carboxylic acids is 1. The van der Waals surface area contributed by atoms with Gasteiger partial charge in [-0.3, -0.25) is 14.7 Å². The standard InChI is InChI=1S/C20H19ClN2O3S/c1-3-9-22-20-23(15-6-4-5-14(21)12-15)19(25)18(27-20)11-13-7-8-16(24)17(10-13)26-2/h4-8,10-12,24H,3,9H2,1-2H3. The lowest BCUT2D eigenvalue weighted by Crippen LogP contribution is -2.29. The highest BCUT2D eigenvalue weighted by atomic mass is 35.5. The molecule has 0 radical (unpaired) electrons. The molecule has 0 spiro atoms. The lowest BCUT2D eigenvalue weighted by Gasteiger charge is -2.15. The van der Waals surface area contributed by atoms with Gasteiger partial charge in [-0.25, -0.2) is 0 Å². The summed E-state index contributed by atoms with van der Waals surface area (Å²) in [6.07, 6.45) is 2.65. The van der Waals surface area contributed by atoms with Crippen molar-refractivity contribution in [1.82, 2.24) is 0 Å². The number of aliphatic imine (C=N–C) groups is 1. The van der Waals surface area contributed by atoms with Crippen molar-refractivity contribution in [1.29, 1.82) is 0 Å². The summed E-state index contributed by atoms with van der Waals surface area (Å²) in [4.78, 5) is 19.7. The minimum Gasteiger partial charge on any atom is -0.504 e. The first-order valence-corrected chi connectivity index (χ1v) is 9.64. The Hall–Kier alpha value is -2.44. The summed E-state index contributed by atoms with van der Waals surface area (Å²) >= 11 is 7.42. The first-order chi connectivity index (χ1) is 13.0. The Labute approximate surface area is 167 Å². The van der Waals surface area contributed by atoms with Gasteiger partial charge < -0.3 is 9.84 Å². The van der Waals surface area contributed by atoms with Crippen LogP contribution in [0, 0.1) is 0 Å². The molecule has 1 amide bonds. The van der Waals surface area contributed by atoms with Crippen molar-refractivity contribution < 1.29 is 14.6 Å². The number of thioether (sulfide) groups is 1. The molecule has 1 N–H and O–H groups in total. The quantitative estimate of drug-likeness (QED) is 0.719. The van der Waals surface area contributed by atoms with E-state index in [2.05, 4.69) is 4.99 Å². The molecule has 0 unspecified atom stereocenters. The Morgan fingerprint density at radius 1 is 1.30 bits per heavy atom. The van der Waals surface area contributed by atoms with Crippen LogP contribution >= 0.6 is 23.4 Å². The molecule has 1 fully saturated rings. The van der Waals surface area contributed by atoms with Gasteiger partial charge in [-0.2, -0.15) is 0 Å². The molecule has 0 atom stereocenters. The molecule has 27 heavy (non-hydrogen) atoms. The van der Waals surface area contributed by atoms with E-state index in [0.717, 1.165) is 12.0 Å². The van der Waals surface area contributed by atoms with Crippen LogP contribution < -0.4 is 9.64 Å². The average molecular weight is 403 g/mol. The maximum Gasteiger partial charge on any atom is 0.271 e. The van der Waals surface area contributed by atoms with Crippen LogP contribution in [-0.4, -0.2) is 29.8 Å². The molecule has 5 nitrogen and oxygen atoms in total. The topological polar surface area (TPSA) is 62.1 Å². The second-order valence-electron chi connectivity index (χ2n) is 5.83. The van der Waals surface area contributed by atoms with E-state index in [9.17, 15) is 9.90 Å². The lowest BCUT2D eigenvalue weighted by molar-refractivity contribution is -0.113. The number of phenols is 1. The number of carbonyl (C=O) groups is 1. The predicted molar refractivity (Wildman–Crippen MR) is 112 cm³/mol. The molecule has 1 saturated heterocycles.